The van der Waals surface area contributed by atoms with Gasteiger partial charge in [-0.2, -0.15) is 0 Å². The molecule has 1 heterocycles. The monoisotopic (exact) mass is 447 g/mol. The summed E-state index contributed by atoms with van der Waals surface area (Å²) in [7, 11) is -4.24. The maximum atomic E-state index is 13.1. The lowest BCUT2D eigenvalue weighted by Gasteiger charge is -2.29. The minimum Gasteiger partial charge on any atom is -0.490 e. The van der Waals surface area contributed by atoms with Gasteiger partial charge in [-0.1, -0.05) is 26.0 Å². The number of hydrogen-bond donors (Lipinski definition) is 1. The molecule has 2 aromatic rings. The highest BCUT2D eigenvalue weighted by Crippen LogP contribution is 2.39. The van der Waals surface area contributed by atoms with Gasteiger partial charge in [-0.05, 0) is 44.0 Å². The summed E-state index contributed by atoms with van der Waals surface area (Å²) in [6, 6.07) is 9.72. The normalized spacial score (nSPS) is 15.8. The zero-order chi connectivity index (χ0) is 23.0. The van der Waals surface area contributed by atoms with Crippen LogP contribution in [0.1, 0.15) is 27.7 Å². The van der Waals surface area contributed by atoms with Gasteiger partial charge in [0.25, 0.3) is 15.7 Å². The number of para-hydroxylation sites is 1. The quantitative estimate of drug-likeness (QED) is 0.531. The van der Waals surface area contributed by atoms with Crippen molar-refractivity contribution in [3.05, 3.63) is 52.6 Å². The molecule has 166 valence electrons. The Morgan fingerprint density at radius 3 is 2.55 bits per heavy atom. The number of nitrogens with zero attached hydrogens (tertiary/aromatic N) is 2. The van der Waals surface area contributed by atoms with Crippen molar-refractivity contribution in [3.8, 4) is 5.75 Å². The van der Waals surface area contributed by atoms with E-state index in [1.54, 1.807) is 24.8 Å². The molecular weight excluding hydrogens is 422 g/mol. The fourth-order valence-electron chi connectivity index (χ4n) is 3.30. The zero-order valence-corrected chi connectivity index (χ0v) is 18.6. The minimum absolute atomic E-state index is 0.126. The minimum atomic E-state index is -4.24. The van der Waals surface area contributed by atoms with Crippen LogP contribution in [0.15, 0.2) is 47.4 Å². The van der Waals surface area contributed by atoms with Gasteiger partial charge in [-0.25, -0.2) is 8.42 Å². The van der Waals surface area contributed by atoms with Crippen molar-refractivity contribution in [3.63, 3.8) is 0 Å². The first-order valence-corrected chi connectivity index (χ1v) is 11.3. The molecule has 0 spiro atoms. The van der Waals surface area contributed by atoms with Crippen molar-refractivity contribution in [2.24, 2.45) is 11.3 Å². The van der Waals surface area contributed by atoms with Crippen LogP contribution in [-0.2, 0) is 14.8 Å². The summed E-state index contributed by atoms with van der Waals surface area (Å²) in [5.41, 5.74) is -0.654. The number of sulfonamides is 1. The molecule has 1 aliphatic rings. The molecule has 10 heteroatoms. The maximum absolute atomic E-state index is 13.1. The van der Waals surface area contributed by atoms with E-state index in [-0.39, 0.29) is 24.1 Å². The number of hydrogen-bond acceptors (Lipinski definition) is 6. The summed E-state index contributed by atoms with van der Waals surface area (Å²) >= 11 is 0. The highest BCUT2D eigenvalue weighted by molar-refractivity contribution is 7.92. The molecule has 1 amide bonds. The Kier molecular flexibility index (Phi) is 5.95. The molecular formula is C21H25N3O6S. The van der Waals surface area contributed by atoms with Gasteiger partial charge in [-0.15, -0.1) is 0 Å². The molecule has 0 saturated heterocycles. The second-order valence-electron chi connectivity index (χ2n) is 8.50. The number of amides is 1. The summed E-state index contributed by atoms with van der Waals surface area (Å²) < 4.78 is 33.9. The van der Waals surface area contributed by atoms with Crippen molar-refractivity contribution in [2.45, 2.75) is 32.6 Å². The van der Waals surface area contributed by atoms with Crippen LogP contribution in [0, 0.1) is 21.4 Å². The van der Waals surface area contributed by atoms with E-state index in [2.05, 4.69) is 4.72 Å². The second kappa shape index (κ2) is 8.18. The number of anilines is 2. The summed E-state index contributed by atoms with van der Waals surface area (Å²) in [6.07, 6.45) is 0. The number of rotatable bonds is 6. The Morgan fingerprint density at radius 1 is 1.23 bits per heavy atom. The molecule has 3 rings (SSSR count). The van der Waals surface area contributed by atoms with Crippen LogP contribution in [0.5, 0.6) is 5.75 Å². The summed E-state index contributed by atoms with van der Waals surface area (Å²) in [5.74, 6) is 0.505. The number of benzene rings is 2. The Balaban J connectivity index is 2.03. The predicted octanol–water partition coefficient (Wildman–Crippen LogP) is 3.80. The number of fused-ring (bicyclic) bond motifs is 1. The van der Waals surface area contributed by atoms with Crippen LogP contribution in [0.3, 0.4) is 0 Å². The Morgan fingerprint density at radius 2 is 1.90 bits per heavy atom. The van der Waals surface area contributed by atoms with E-state index < -0.39 is 30.9 Å². The lowest BCUT2D eigenvalue weighted by atomic mass is 9.92. The molecule has 0 aliphatic carbocycles. The standard InChI is InChI=1S/C21H25N3O6S/c1-14(2)12-23-17-11-15(9-10-18(17)30-13-21(3,4)20(23)25)22-31(28,29)19-8-6-5-7-16(19)24(26)27/h5-11,14,22H,12-13H2,1-4H3. The zero-order valence-electron chi connectivity index (χ0n) is 17.8. The maximum Gasteiger partial charge on any atom is 0.289 e. The third kappa shape index (κ3) is 4.63. The van der Waals surface area contributed by atoms with E-state index in [1.807, 2.05) is 13.8 Å². The number of carbonyl (C=O) groups is 1. The molecule has 2 aromatic carbocycles. The van der Waals surface area contributed by atoms with Crippen LogP contribution in [-0.4, -0.2) is 32.4 Å². The van der Waals surface area contributed by atoms with Crippen LogP contribution >= 0.6 is 0 Å². The first-order valence-electron chi connectivity index (χ1n) is 9.77. The Bertz CT molecular complexity index is 1130. The molecule has 31 heavy (non-hydrogen) atoms. The van der Waals surface area contributed by atoms with Gasteiger partial charge in [0.1, 0.15) is 12.4 Å². The van der Waals surface area contributed by atoms with Crippen molar-refractivity contribution >= 4 is 33.0 Å². The van der Waals surface area contributed by atoms with Crippen molar-refractivity contribution in [1.29, 1.82) is 0 Å². The molecule has 0 bridgehead atoms. The topological polar surface area (TPSA) is 119 Å². The van der Waals surface area contributed by atoms with Crippen molar-refractivity contribution in [2.75, 3.05) is 22.8 Å². The highest BCUT2D eigenvalue weighted by atomic mass is 32.2. The average molecular weight is 448 g/mol. The van der Waals surface area contributed by atoms with E-state index in [0.717, 1.165) is 6.07 Å². The third-order valence-electron chi connectivity index (χ3n) is 4.81. The van der Waals surface area contributed by atoms with Gasteiger partial charge in [0.05, 0.1) is 21.7 Å². The van der Waals surface area contributed by atoms with Crippen LogP contribution in [0.4, 0.5) is 17.1 Å². The van der Waals surface area contributed by atoms with E-state index in [4.69, 9.17) is 4.74 Å². The SMILES string of the molecule is CC(C)CN1C(=O)C(C)(C)COc2ccc(NS(=O)(=O)c3ccccc3[N+](=O)[O-])cc21. The molecule has 1 N–H and O–H groups in total. The van der Waals surface area contributed by atoms with Gasteiger partial charge in [-0.3, -0.25) is 19.6 Å². The molecule has 0 saturated carbocycles. The van der Waals surface area contributed by atoms with Gasteiger partial charge in [0, 0.05) is 12.6 Å². The fourth-order valence-corrected chi connectivity index (χ4v) is 4.52. The van der Waals surface area contributed by atoms with E-state index in [1.165, 1.54) is 30.3 Å². The first-order chi connectivity index (χ1) is 14.4. The lowest BCUT2D eigenvalue weighted by Crippen LogP contribution is -2.43. The van der Waals surface area contributed by atoms with Crippen molar-refractivity contribution in [1.82, 2.24) is 0 Å². The Hall–Kier alpha value is -3.14. The summed E-state index contributed by atoms with van der Waals surface area (Å²) in [6.45, 7) is 8.17. The largest absolute Gasteiger partial charge is 0.490 e. The molecule has 0 unspecified atom stereocenters. The van der Waals surface area contributed by atoms with Gasteiger partial charge in [0.2, 0.25) is 5.91 Å². The fraction of sp³-hybridized carbons (Fsp3) is 0.381. The van der Waals surface area contributed by atoms with E-state index in [9.17, 15) is 23.3 Å². The number of carbonyl (C=O) groups excluding carboxylic acids is 1. The summed E-state index contributed by atoms with van der Waals surface area (Å²) in [4.78, 5) is 24.8. The number of nitro groups is 1. The van der Waals surface area contributed by atoms with Gasteiger partial charge in [0.15, 0.2) is 4.90 Å². The first kappa shape index (κ1) is 22.5. The molecule has 1 aliphatic heterocycles. The van der Waals surface area contributed by atoms with E-state index in [0.29, 0.717) is 18.0 Å². The van der Waals surface area contributed by atoms with Gasteiger partial charge < -0.3 is 9.64 Å². The van der Waals surface area contributed by atoms with Crippen LogP contribution in [0.2, 0.25) is 0 Å². The summed E-state index contributed by atoms with van der Waals surface area (Å²) in [5, 5.41) is 11.2. The number of nitro benzene ring substituents is 1. The molecule has 0 fully saturated rings. The lowest BCUT2D eigenvalue weighted by molar-refractivity contribution is -0.387. The van der Waals surface area contributed by atoms with Gasteiger partial charge >= 0.3 is 0 Å². The third-order valence-corrected chi connectivity index (χ3v) is 6.24. The number of nitrogens with one attached hydrogen (secondary N) is 1. The smallest absolute Gasteiger partial charge is 0.289 e. The average Bonchev–Trinajstić information content (AvgIpc) is 2.78. The Labute approximate surface area is 181 Å². The number of ether oxygens (including phenoxy) is 1. The molecule has 9 nitrogen and oxygen atoms in total. The highest BCUT2D eigenvalue weighted by Gasteiger charge is 2.38. The molecule has 0 atom stereocenters. The van der Waals surface area contributed by atoms with Crippen LogP contribution in [0.25, 0.3) is 0 Å². The van der Waals surface area contributed by atoms with Crippen molar-refractivity contribution < 1.29 is 22.9 Å². The van der Waals surface area contributed by atoms with E-state index >= 15 is 0 Å². The van der Waals surface area contributed by atoms with Crippen LogP contribution < -0.4 is 14.4 Å². The second-order valence-corrected chi connectivity index (χ2v) is 10.1. The molecule has 0 aromatic heterocycles. The predicted molar refractivity (Wildman–Crippen MR) is 117 cm³/mol. The molecule has 0 radical (unpaired) electrons.